The van der Waals surface area contributed by atoms with E-state index in [4.69, 9.17) is 5.73 Å². The molecule has 0 bridgehead atoms. The van der Waals surface area contributed by atoms with Gasteiger partial charge in [-0.2, -0.15) is 0 Å². The minimum absolute atomic E-state index is 0.137. The van der Waals surface area contributed by atoms with Crippen LogP contribution in [0.5, 0.6) is 0 Å². The number of hydrogen-bond acceptors (Lipinski definition) is 2. The third kappa shape index (κ3) is 2.73. The van der Waals surface area contributed by atoms with Gasteiger partial charge in [-0.3, -0.25) is 4.79 Å². The first kappa shape index (κ1) is 13.6. The van der Waals surface area contributed by atoms with Crippen LogP contribution >= 0.6 is 0 Å². The fourth-order valence-electron chi connectivity index (χ4n) is 3.20. The maximum Gasteiger partial charge on any atom is 0.226 e. The van der Waals surface area contributed by atoms with Crippen molar-refractivity contribution in [2.24, 2.45) is 17.1 Å². The predicted molar refractivity (Wildman–Crippen MR) is 80.3 cm³/mol. The second-order valence-electron chi connectivity index (χ2n) is 6.72. The molecule has 0 aliphatic heterocycles. The zero-order valence-corrected chi connectivity index (χ0v) is 12.2. The molecule has 0 heterocycles. The highest BCUT2D eigenvalue weighted by Crippen LogP contribution is 2.35. The number of benzene rings is 1. The summed E-state index contributed by atoms with van der Waals surface area (Å²) in [6.45, 7) is 2.71. The summed E-state index contributed by atoms with van der Waals surface area (Å²) in [5.74, 6) is 0.804. The number of carbonyl (C=O) groups excluding carboxylic acids is 1. The van der Waals surface area contributed by atoms with E-state index < -0.39 is 0 Å². The van der Waals surface area contributed by atoms with Crippen molar-refractivity contribution in [3.63, 3.8) is 0 Å². The standard InChI is InChI=1S/C17H24N2O/c1-17(16(20)19-11-15(18)13-6-7-13)9-8-12-4-2-3-5-14(12)10-17/h2-5,13,15H,6-11,18H2,1H3,(H,19,20). The maximum atomic E-state index is 12.5. The molecule has 2 aliphatic rings. The van der Waals surface area contributed by atoms with Crippen LogP contribution in [0.3, 0.4) is 0 Å². The molecule has 1 aromatic rings. The van der Waals surface area contributed by atoms with Gasteiger partial charge < -0.3 is 11.1 Å². The summed E-state index contributed by atoms with van der Waals surface area (Å²) in [4.78, 5) is 12.5. The van der Waals surface area contributed by atoms with Crippen molar-refractivity contribution in [2.45, 2.75) is 45.1 Å². The monoisotopic (exact) mass is 272 g/mol. The first-order valence-corrected chi connectivity index (χ1v) is 7.69. The smallest absolute Gasteiger partial charge is 0.226 e. The van der Waals surface area contributed by atoms with E-state index in [-0.39, 0.29) is 17.4 Å². The first-order valence-electron chi connectivity index (χ1n) is 7.69. The second kappa shape index (κ2) is 5.21. The molecule has 2 unspecified atom stereocenters. The van der Waals surface area contributed by atoms with E-state index in [9.17, 15) is 4.79 Å². The van der Waals surface area contributed by atoms with Gasteiger partial charge in [-0.25, -0.2) is 0 Å². The van der Waals surface area contributed by atoms with Gasteiger partial charge in [0.1, 0.15) is 0 Å². The van der Waals surface area contributed by atoms with Gasteiger partial charge in [0.15, 0.2) is 0 Å². The van der Waals surface area contributed by atoms with Crippen LogP contribution in [-0.4, -0.2) is 18.5 Å². The van der Waals surface area contributed by atoms with Crippen molar-refractivity contribution >= 4 is 5.91 Å². The summed E-state index contributed by atoms with van der Waals surface area (Å²) in [6, 6.07) is 8.60. The van der Waals surface area contributed by atoms with Crippen molar-refractivity contribution in [2.75, 3.05) is 6.54 Å². The van der Waals surface area contributed by atoms with Crippen LogP contribution in [-0.2, 0) is 17.6 Å². The lowest BCUT2D eigenvalue weighted by Crippen LogP contribution is -2.47. The van der Waals surface area contributed by atoms with Crippen molar-refractivity contribution in [3.8, 4) is 0 Å². The fraction of sp³-hybridized carbons (Fsp3) is 0.588. The van der Waals surface area contributed by atoms with Crippen LogP contribution in [0.2, 0.25) is 0 Å². The van der Waals surface area contributed by atoms with Crippen molar-refractivity contribution < 1.29 is 4.79 Å². The third-order valence-electron chi connectivity index (χ3n) is 4.92. The molecule has 3 nitrogen and oxygen atoms in total. The lowest BCUT2D eigenvalue weighted by atomic mass is 9.72. The Bertz CT molecular complexity index is 509. The Kier molecular flexibility index (Phi) is 3.55. The van der Waals surface area contributed by atoms with E-state index in [1.54, 1.807) is 0 Å². The molecule has 1 fully saturated rings. The Morgan fingerprint density at radius 2 is 2.10 bits per heavy atom. The van der Waals surface area contributed by atoms with E-state index in [1.165, 1.54) is 24.0 Å². The first-order chi connectivity index (χ1) is 9.58. The van der Waals surface area contributed by atoms with Gasteiger partial charge >= 0.3 is 0 Å². The molecule has 0 saturated heterocycles. The summed E-state index contributed by atoms with van der Waals surface area (Å²) in [5.41, 5.74) is 8.50. The number of hydrogen-bond donors (Lipinski definition) is 2. The van der Waals surface area contributed by atoms with Crippen molar-refractivity contribution in [1.29, 1.82) is 0 Å². The van der Waals surface area contributed by atoms with Gasteiger partial charge in [-0.1, -0.05) is 31.2 Å². The molecule has 3 heteroatoms. The van der Waals surface area contributed by atoms with Crippen LogP contribution in [0.15, 0.2) is 24.3 Å². The Balaban J connectivity index is 1.62. The second-order valence-corrected chi connectivity index (χ2v) is 6.72. The minimum atomic E-state index is -0.280. The topological polar surface area (TPSA) is 55.1 Å². The molecular formula is C17H24N2O. The van der Waals surface area contributed by atoms with E-state index in [0.29, 0.717) is 12.5 Å². The molecule has 0 aromatic heterocycles. The summed E-state index contributed by atoms with van der Waals surface area (Å²) in [6.07, 6.45) is 5.21. The van der Waals surface area contributed by atoms with Gasteiger partial charge in [0.05, 0.1) is 5.41 Å². The Labute approximate surface area is 120 Å². The molecule has 3 rings (SSSR count). The van der Waals surface area contributed by atoms with Crippen molar-refractivity contribution in [3.05, 3.63) is 35.4 Å². The highest BCUT2D eigenvalue weighted by Gasteiger charge is 2.37. The zero-order valence-electron chi connectivity index (χ0n) is 12.2. The summed E-state index contributed by atoms with van der Waals surface area (Å²) >= 11 is 0. The van der Waals surface area contributed by atoms with Crippen molar-refractivity contribution in [1.82, 2.24) is 5.32 Å². The molecule has 1 aromatic carbocycles. The van der Waals surface area contributed by atoms with Crippen LogP contribution < -0.4 is 11.1 Å². The van der Waals surface area contributed by atoms with Crippen LogP contribution in [0.25, 0.3) is 0 Å². The number of carbonyl (C=O) groups is 1. The number of aryl methyl sites for hydroxylation is 1. The van der Waals surface area contributed by atoms with Crippen LogP contribution in [0.1, 0.15) is 37.3 Å². The lowest BCUT2D eigenvalue weighted by molar-refractivity contribution is -0.130. The Morgan fingerprint density at radius 1 is 1.40 bits per heavy atom. The van der Waals surface area contributed by atoms with Gasteiger partial charge in [0.25, 0.3) is 0 Å². The average Bonchev–Trinajstić information content (AvgIpc) is 3.28. The number of amides is 1. The van der Waals surface area contributed by atoms with Gasteiger partial charge in [-0.05, 0) is 49.1 Å². The molecule has 0 radical (unpaired) electrons. The number of fused-ring (bicyclic) bond motifs is 1. The lowest BCUT2D eigenvalue weighted by Gasteiger charge is -2.34. The molecule has 3 N–H and O–H groups in total. The highest BCUT2D eigenvalue weighted by atomic mass is 16.2. The Hall–Kier alpha value is -1.35. The summed E-state index contributed by atoms with van der Waals surface area (Å²) in [7, 11) is 0. The van der Waals surface area contributed by atoms with E-state index >= 15 is 0 Å². The molecule has 0 spiro atoms. The predicted octanol–water partition coefficient (Wildman–Crippen LogP) is 2.04. The molecule has 20 heavy (non-hydrogen) atoms. The van der Waals surface area contributed by atoms with Gasteiger partial charge in [-0.15, -0.1) is 0 Å². The average molecular weight is 272 g/mol. The molecule has 1 saturated carbocycles. The molecule has 1 amide bonds. The highest BCUT2D eigenvalue weighted by molar-refractivity contribution is 5.83. The molecular weight excluding hydrogens is 248 g/mol. The fourth-order valence-corrected chi connectivity index (χ4v) is 3.20. The van der Waals surface area contributed by atoms with Crippen LogP contribution in [0.4, 0.5) is 0 Å². The third-order valence-corrected chi connectivity index (χ3v) is 4.92. The SMILES string of the molecule is CC1(C(=O)NCC(N)C2CC2)CCc2ccccc2C1. The zero-order chi connectivity index (χ0) is 14.2. The molecule has 2 atom stereocenters. The Morgan fingerprint density at radius 3 is 2.80 bits per heavy atom. The normalized spacial score (nSPS) is 26.7. The van der Waals surface area contributed by atoms with Crippen LogP contribution in [0, 0.1) is 11.3 Å². The number of nitrogens with two attached hydrogens (primary N) is 1. The molecule has 2 aliphatic carbocycles. The van der Waals surface area contributed by atoms with Gasteiger partial charge in [0, 0.05) is 12.6 Å². The van der Waals surface area contributed by atoms with E-state index in [1.807, 2.05) is 0 Å². The summed E-state index contributed by atoms with van der Waals surface area (Å²) in [5, 5.41) is 3.08. The maximum absolute atomic E-state index is 12.5. The quantitative estimate of drug-likeness (QED) is 0.881. The van der Waals surface area contributed by atoms with E-state index in [2.05, 4.69) is 36.5 Å². The van der Waals surface area contributed by atoms with E-state index in [0.717, 1.165) is 19.3 Å². The minimum Gasteiger partial charge on any atom is -0.354 e. The largest absolute Gasteiger partial charge is 0.354 e. The number of rotatable bonds is 4. The summed E-state index contributed by atoms with van der Waals surface area (Å²) < 4.78 is 0. The molecule has 108 valence electrons. The van der Waals surface area contributed by atoms with Gasteiger partial charge in [0.2, 0.25) is 5.91 Å². The number of nitrogens with one attached hydrogen (secondary N) is 1.